The van der Waals surface area contributed by atoms with Crippen LogP contribution in [0.1, 0.15) is 17.7 Å². The summed E-state index contributed by atoms with van der Waals surface area (Å²) in [7, 11) is 1.85. The molecule has 1 rings (SSSR count). The second-order valence-corrected chi connectivity index (χ2v) is 4.15. The Labute approximate surface area is 101 Å². The van der Waals surface area contributed by atoms with Gasteiger partial charge in [-0.25, -0.2) is 0 Å². The van der Waals surface area contributed by atoms with Crippen LogP contribution in [-0.4, -0.2) is 25.9 Å². The van der Waals surface area contributed by atoms with Crippen LogP contribution < -0.4 is 5.32 Å². The average molecular weight is 239 g/mol. The van der Waals surface area contributed by atoms with Crippen molar-refractivity contribution in [1.82, 2.24) is 0 Å². The molecule has 0 aromatic heterocycles. The van der Waals surface area contributed by atoms with Gasteiger partial charge in [-0.1, -0.05) is 18.2 Å². The van der Waals surface area contributed by atoms with E-state index in [1.54, 1.807) is 0 Å². The Hall–Kier alpha value is -1.16. The normalized spacial score (nSPS) is 11.9. The Morgan fingerprint density at radius 1 is 1.50 bits per heavy atom. The van der Waals surface area contributed by atoms with Gasteiger partial charge in [0.15, 0.2) is 0 Å². The molecule has 88 valence electrons. The summed E-state index contributed by atoms with van der Waals surface area (Å²) in [6.07, 6.45) is 1.91. The fraction of sp³-hybridized carbons (Fsp3) is 0.417. The lowest BCUT2D eigenvalue weighted by atomic mass is 10.1. The molecule has 0 amide bonds. The molecule has 0 aliphatic rings. The van der Waals surface area contributed by atoms with E-state index in [-0.39, 0.29) is 11.2 Å². The van der Waals surface area contributed by atoms with Crippen molar-refractivity contribution in [2.24, 2.45) is 0 Å². The Bertz CT molecular complexity index is 355. The van der Waals surface area contributed by atoms with Crippen LogP contribution in [0.2, 0.25) is 0 Å². The summed E-state index contributed by atoms with van der Waals surface area (Å²) in [5, 5.41) is 2.83. The zero-order valence-corrected chi connectivity index (χ0v) is 10.6. The van der Waals surface area contributed by atoms with Gasteiger partial charge in [0.05, 0.1) is 6.61 Å². The first-order chi connectivity index (χ1) is 7.74. The van der Waals surface area contributed by atoms with E-state index < -0.39 is 0 Å². The number of nitrogens with one attached hydrogen (secondary N) is 1. The van der Waals surface area contributed by atoms with E-state index in [1.807, 2.05) is 44.5 Å². The molecule has 0 saturated heterocycles. The van der Waals surface area contributed by atoms with Crippen LogP contribution in [0.15, 0.2) is 24.3 Å². The Morgan fingerprint density at radius 3 is 2.75 bits per heavy atom. The highest BCUT2D eigenvalue weighted by atomic mass is 32.2. The SMILES string of the molecule is CCOC(=O)C(SC)c1ccccc1NC. The minimum atomic E-state index is -0.261. The van der Waals surface area contributed by atoms with Crippen molar-refractivity contribution >= 4 is 23.4 Å². The van der Waals surface area contributed by atoms with E-state index >= 15 is 0 Å². The van der Waals surface area contributed by atoms with Crippen LogP contribution in [0.4, 0.5) is 5.69 Å². The minimum Gasteiger partial charge on any atom is -0.465 e. The lowest BCUT2D eigenvalue weighted by molar-refractivity contribution is -0.142. The van der Waals surface area contributed by atoms with Crippen LogP contribution in [0.3, 0.4) is 0 Å². The van der Waals surface area contributed by atoms with Gasteiger partial charge in [-0.2, -0.15) is 0 Å². The van der Waals surface area contributed by atoms with Crippen LogP contribution in [-0.2, 0) is 9.53 Å². The maximum atomic E-state index is 11.8. The molecule has 3 nitrogen and oxygen atoms in total. The van der Waals surface area contributed by atoms with Crippen molar-refractivity contribution in [2.75, 3.05) is 25.2 Å². The standard InChI is InChI=1S/C12H17NO2S/c1-4-15-12(14)11(16-3)9-7-5-6-8-10(9)13-2/h5-8,11,13H,4H2,1-3H3. The molecular formula is C12H17NO2S. The quantitative estimate of drug-likeness (QED) is 0.802. The van der Waals surface area contributed by atoms with E-state index in [9.17, 15) is 4.79 Å². The summed E-state index contributed by atoms with van der Waals surface area (Å²) >= 11 is 1.49. The topological polar surface area (TPSA) is 38.3 Å². The van der Waals surface area contributed by atoms with Crippen molar-refractivity contribution in [3.63, 3.8) is 0 Å². The number of rotatable bonds is 5. The number of esters is 1. The summed E-state index contributed by atoms with van der Waals surface area (Å²) in [5.74, 6) is -0.183. The third-order valence-corrected chi connectivity index (χ3v) is 3.17. The predicted molar refractivity (Wildman–Crippen MR) is 68.9 cm³/mol. The van der Waals surface area contributed by atoms with Crippen molar-refractivity contribution < 1.29 is 9.53 Å². The van der Waals surface area contributed by atoms with Crippen LogP contribution in [0.5, 0.6) is 0 Å². The third-order valence-electron chi connectivity index (χ3n) is 2.25. The molecule has 1 N–H and O–H groups in total. The summed E-state index contributed by atoms with van der Waals surface area (Å²) in [6.45, 7) is 2.23. The van der Waals surface area contributed by atoms with E-state index in [1.165, 1.54) is 11.8 Å². The Kier molecular flexibility index (Phi) is 5.19. The number of carbonyl (C=O) groups is 1. The van der Waals surface area contributed by atoms with Gasteiger partial charge in [-0.15, -0.1) is 11.8 Å². The summed E-state index contributed by atoms with van der Waals surface area (Å²) < 4.78 is 5.06. The number of hydrogen-bond donors (Lipinski definition) is 1. The third kappa shape index (κ3) is 2.92. The molecular weight excluding hydrogens is 222 g/mol. The molecule has 1 aromatic carbocycles. The minimum absolute atomic E-state index is 0.183. The fourth-order valence-corrected chi connectivity index (χ4v) is 2.24. The molecule has 0 radical (unpaired) electrons. The Balaban J connectivity index is 2.98. The number of carbonyl (C=O) groups excluding carboxylic acids is 1. The highest BCUT2D eigenvalue weighted by Crippen LogP contribution is 2.32. The molecule has 0 bridgehead atoms. The zero-order valence-electron chi connectivity index (χ0n) is 9.82. The molecule has 1 atom stereocenters. The first-order valence-electron chi connectivity index (χ1n) is 5.20. The van der Waals surface area contributed by atoms with Crippen molar-refractivity contribution in [1.29, 1.82) is 0 Å². The molecule has 0 aliphatic carbocycles. The van der Waals surface area contributed by atoms with Gasteiger partial charge in [0, 0.05) is 12.7 Å². The van der Waals surface area contributed by atoms with Gasteiger partial charge in [-0.05, 0) is 24.8 Å². The van der Waals surface area contributed by atoms with Gasteiger partial charge in [0.2, 0.25) is 0 Å². The number of para-hydroxylation sites is 1. The summed E-state index contributed by atoms with van der Waals surface area (Å²) in [4.78, 5) is 11.8. The lowest BCUT2D eigenvalue weighted by Gasteiger charge is -2.16. The fourth-order valence-electron chi connectivity index (χ4n) is 1.52. The van der Waals surface area contributed by atoms with Gasteiger partial charge < -0.3 is 10.1 Å². The number of anilines is 1. The van der Waals surface area contributed by atoms with Gasteiger partial charge in [-0.3, -0.25) is 4.79 Å². The molecule has 1 aromatic rings. The lowest BCUT2D eigenvalue weighted by Crippen LogP contribution is -2.14. The van der Waals surface area contributed by atoms with Crippen LogP contribution >= 0.6 is 11.8 Å². The van der Waals surface area contributed by atoms with E-state index in [2.05, 4.69) is 5.32 Å². The van der Waals surface area contributed by atoms with E-state index in [0.29, 0.717) is 6.61 Å². The first-order valence-corrected chi connectivity index (χ1v) is 6.49. The van der Waals surface area contributed by atoms with Crippen LogP contribution in [0, 0.1) is 0 Å². The second-order valence-electron chi connectivity index (χ2n) is 3.21. The van der Waals surface area contributed by atoms with E-state index in [4.69, 9.17) is 4.74 Å². The molecule has 16 heavy (non-hydrogen) atoms. The van der Waals surface area contributed by atoms with Gasteiger partial charge >= 0.3 is 5.97 Å². The Morgan fingerprint density at radius 2 is 2.19 bits per heavy atom. The molecule has 0 fully saturated rings. The number of benzene rings is 1. The zero-order chi connectivity index (χ0) is 12.0. The first kappa shape index (κ1) is 12.9. The van der Waals surface area contributed by atoms with Gasteiger partial charge in [0.1, 0.15) is 5.25 Å². The maximum absolute atomic E-state index is 11.8. The molecule has 0 heterocycles. The predicted octanol–water partition coefficient (Wildman–Crippen LogP) is 2.70. The van der Waals surface area contributed by atoms with Crippen molar-refractivity contribution in [3.05, 3.63) is 29.8 Å². The highest BCUT2D eigenvalue weighted by molar-refractivity contribution is 7.99. The largest absolute Gasteiger partial charge is 0.465 e. The monoisotopic (exact) mass is 239 g/mol. The van der Waals surface area contributed by atoms with Gasteiger partial charge in [0.25, 0.3) is 0 Å². The van der Waals surface area contributed by atoms with Crippen molar-refractivity contribution in [2.45, 2.75) is 12.2 Å². The molecule has 1 unspecified atom stereocenters. The maximum Gasteiger partial charge on any atom is 0.323 e. The second kappa shape index (κ2) is 6.43. The summed E-state index contributed by atoms with van der Waals surface area (Å²) in [5.41, 5.74) is 1.94. The van der Waals surface area contributed by atoms with E-state index in [0.717, 1.165) is 11.3 Å². The molecule has 0 aliphatic heterocycles. The number of hydrogen-bond acceptors (Lipinski definition) is 4. The van der Waals surface area contributed by atoms with Crippen LogP contribution in [0.25, 0.3) is 0 Å². The number of thioether (sulfide) groups is 1. The number of ether oxygens (including phenoxy) is 1. The highest BCUT2D eigenvalue weighted by Gasteiger charge is 2.22. The molecule has 0 spiro atoms. The average Bonchev–Trinajstić information content (AvgIpc) is 2.31. The van der Waals surface area contributed by atoms with Crippen molar-refractivity contribution in [3.8, 4) is 0 Å². The molecule has 0 saturated carbocycles. The smallest absolute Gasteiger partial charge is 0.323 e. The molecule has 4 heteroatoms. The summed E-state index contributed by atoms with van der Waals surface area (Å²) in [6, 6.07) is 7.78.